The zero-order chi connectivity index (χ0) is 12.8. The fourth-order valence-corrected chi connectivity index (χ4v) is 0.746. The smallest absolute Gasteiger partial charge is 0.402 e. The lowest BCUT2D eigenvalue weighted by atomic mass is 10.4. The third-order valence-corrected chi connectivity index (χ3v) is 2.19. The summed E-state index contributed by atoms with van der Waals surface area (Å²) in [5.74, 6) is -1.13. The Labute approximate surface area is 91.1 Å². The van der Waals surface area contributed by atoms with Gasteiger partial charge < -0.3 is 4.74 Å². The molecule has 0 aromatic heterocycles. The topological polar surface area (TPSA) is 80.7 Å². The summed E-state index contributed by atoms with van der Waals surface area (Å²) in [4.78, 5) is 10.7. The Morgan fingerprint density at radius 3 is 2.50 bits per heavy atom. The van der Waals surface area contributed by atoms with Crippen LogP contribution in [0.25, 0.3) is 0 Å². The van der Waals surface area contributed by atoms with Gasteiger partial charge in [-0.25, -0.2) is 4.79 Å². The minimum atomic E-state index is -5.57. The lowest BCUT2D eigenvalue weighted by Gasteiger charge is -2.11. The summed E-state index contributed by atoms with van der Waals surface area (Å²) in [6.07, 6.45) is 3.93. The van der Waals surface area contributed by atoms with E-state index in [0.717, 1.165) is 6.08 Å². The number of esters is 1. The highest BCUT2D eigenvalue weighted by Gasteiger charge is 2.45. The van der Waals surface area contributed by atoms with Crippen LogP contribution >= 0.6 is 0 Å². The fourth-order valence-electron chi connectivity index (χ4n) is 0.538. The second-order valence-electron chi connectivity index (χ2n) is 2.65. The highest BCUT2D eigenvalue weighted by atomic mass is 32.2. The highest BCUT2D eigenvalue weighted by Crippen LogP contribution is 2.20. The van der Waals surface area contributed by atoms with Crippen LogP contribution in [0.5, 0.6) is 0 Å². The SMILES string of the molecule is C=CC/C=C/C(=O)OCC(F)(F)S(=O)(=O)O. The molecule has 0 heterocycles. The molecule has 0 fully saturated rings. The molecule has 0 aliphatic heterocycles. The molecule has 0 amide bonds. The average molecular weight is 256 g/mol. The van der Waals surface area contributed by atoms with Gasteiger partial charge in [0.25, 0.3) is 0 Å². The maximum absolute atomic E-state index is 12.5. The van der Waals surface area contributed by atoms with E-state index in [2.05, 4.69) is 11.3 Å². The second kappa shape index (κ2) is 5.71. The number of alkyl halides is 2. The number of carbonyl (C=O) groups is 1. The Kier molecular flexibility index (Phi) is 5.25. The zero-order valence-corrected chi connectivity index (χ0v) is 8.91. The van der Waals surface area contributed by atoms with Gasteiger partial charge in [-0.2, -0.15) is 17.2 Å². The normalized spacial score (nSPS) is 12.7. The van der Waals surface area contributed by atoms with E-state index in [9.17, 15) is 22.0 Å². The van der Waals surface area contributed by atoms with Crippen LogP contribution in [-0.2, 0) is 19.6 Å². The molecule has 0 saturated heterocycles. The number of hydrogen-bond donors (Lipinski definition) is 1. The molecule has 0 rings (SSSR count). The molecule has 92 valence electrons. The monoisotopic (exact) mass is 256 g/mol. The summed E-state index contributed by atoms with van der Waals surface area (Å²) >= 11 is 0. The van der Waals surface area contributed by atoms with Crippen LogP contribution in [0.1, 0.15) is 6.42 Å². The van der Waals surface area contributed by atoms with Crippen molar-refractivity contribution >= 4 is 16.1 Å². The molecule has 0 radical (unpaired) electrons. The first-order valence-corrected chi connectivity index (χ1v) is 5.44. The Balaban J connectivity index is 4.26. The number of halogens is 2. The van der Waals surface area contributed by atoms with Crippen LogP contribution in [0.3, 0.4) is 0 Å². The predicted octanol–water partition coefficient (Wildman–Crippen LogP) is 1.14. The molecule has 5 nitrogen and oxygen atoms in total. The van der Waals surface area contributed by atoms with Gasteiger partial charge in [-0.3, -0.25) is 4.55 Å². The van der Waals surface area contributed by atoms with Gasteiger partial charge in [0.1, 0.15) is 0 Å². The van der Waals surface area contributed by atoms with E-state index in [4.69, 9.17) is 4.55 Å². The maximum Gasteiger partial charge on any atom is 0.402 e. The zero-order valence-electron chi connectivity index (χ0n) is 8.10. The van der Waals surface area contributed by atoms with Gasteiger partial charge in [0.05, 0.1) is 0 Å². The first-order valence-electron chi connectivity index (χ1n) is 4.00. The summed E-state index contributed by atoms with van der Waals surface area (Å²) in [6, 6.07) is 0. The van der Waals surface area contributed by atoms with Crippen molar-refractivity contribution in [2.75, 3.05) is 6.61 Å². The Morgan fingerprint density at radius 2 is 2.06 bits per heavy atom. The Bertz CT molecular complexity index is 385. The quantitative estimate of drug-likeness (QED) is 0.333. The van der Waals surface area contributed by atoms with E-state index in [-0.39, 0.29) is 0 Å². The summed E-state index contributed by atoms with van der Waals surface area (Å²) in [6.45, 7) is 1.61. The van der Waals surface area contributed by atoms with Crippen LogP contribution in [0, 0.1) is 0 Å². The van der Waals surface area contributed by atoms with Gasteiger partial charge in [0.15, 0.2) is 6.61 Å². The molecule has 0 unspecified atom stereocenters. The summed E-state index contributed by atoms with van der Waals surface area (Å²) in [5, 5.41) is -4.51. The highest BCUT2D eigenvalue weighted by molar-refractivity contribution is 7.86. The van der Waals surface area contributed by atoms with E-state index in [0.29, 0.717) is 6.42 Å². The minimum absolute atomic E-state index is 0.337. The number of hydrogen-bond acceptors (Lipinski definition) is 4. The molecule has 0 atom stereocenters. The van der Waals surface area contributed by atoms with Crippen molar-refractivity contribution < 1.29 is 31.3 Å². The molecule has 0 aliphatic rings. The second-order valence-corrected chi connectivity index (χ2v) is 4.19. The number of carbonyl (C=O) groups excluding carboxylic acids is 1. The van der Waals surface area contributed by atoms with Gasteiger partial charge in [-0.1, -0.05) is 12.2 Å². The molecular formula is C8H10F2O5S. The molecular weight excluding hydrogens is 246 g/mol. The van der Waals surface area contributed by atoms with Crippen molar-refractivity contribution in [3.63, 3.8) is 0 Å². The van der Waals surface area contributed by atoms with E-state index in [1.807, 2.05) is 0 Å². The van der Waals surface area contributed by atoms with E-state index >= 15 is 0 Å². The molecule has 1 N–H and O–H groups in total. The molecule has 0 aromatic carbocycles. The van der Waals surface area contributed by atoms with Crippen molar-refractivity contribution in [2.45, 2.75) is 11.7 Å². The molecule has 0 spiro atoms. The standard InChI is InChI=1S/C8H10F2O5S/c1-2-3-4-5-7(11)15-6-8(9,10)16(12,13)14/h2,4-5H,1,3,6H2,(H,12,13,14)/b5-4+. The van der Waals surface area contributed by atoms with Gasteiger partial charge in [0.2, 0.25) is 0 Å². The van der Waals surface area contributed by atoms with Gasteiger partial charge in [-0.15, -0.1) is 6.58 Å². The fraction of sp³-hybridized carbons (Fsp3) is 0.375. The minimum Gasteiger partial charge on any atom is -0.455 e. The van der Waals surface area contributed by atoms with Crippen molar-refractivity contribution in [2.24, 2.45) is 0 Å². The Hall–Kier alpha value is -1.28. The first kappa shape index (κ1) is 14.7. The molecule has 0 aliphatic carbocycles. The number of rotatable bonds is 6. The average Bonchev–Trinajstić information content (AvgIpc) is 2.13. The summed E-state index contributed by atoms with van der Waals surface area (Å²) < 4.78 is 57.3. The molecule has 0 aromatic rings. The van der Waals surface area contributed by atoms with Crippen LogP contribution < -0.4 is 0 Å². The molecule has 16 heavy (non-hydrogen) atoms. The van der Waals surface area contributed by atoms with Gasteiger partial charge in [-0.05, 0) is 6.42 Å². The van der Waals surface area contributed by atoms with E-state index in [1.165, 1.54) is 12.2 Å². The third-order valence-electron chi connectivity index (χ3n) is 1.32. The lowest BCUT2D eigenvalue weighted by Crippen LogP contribution is -2.34. The third kappa shape index (κ3) is 4.99. The Morgan fingerprint density at radius 1 is 1.50 bits per heavy atom. The van der Waals surface area contributed by atoms with Crippen molar-refractivity contribution in [3.05, 3.63) is 24.8 Å². The lowest BCUT2D eigenvalue weighted by molar-refractivity contribution is -0.143. The summed E-state index contributed by atoms with van der Waals surface area (Å²) in [5.41, 5.74) is 0. The molecule has 8 heteroatoms. The van der Waals surface area contributed by atoms with Gasteiger partial charge >= 0.3 is 21.3 Å². The van der Waals surface area contributed by atoms with Crippen molar-refractivity contribution in [1.82, 2.24) is 0 Å². The van der Waals surface area contributed by atoms with Crippen molar-refractivity contribution in [3.8, 4) is 0 Å². The molecule has 0 saturated carbocycles. The maximum atomic E-state index is 12.5. The van der Waals surface area contributed by atoms with E-state index < -0.39 is 27.9 Å². The van der Waals surface area contributed by atoms with Crippen LogP contribution in [0.4, 0.5) is 8.78 Å². The predicted molar refractivity (Wildman–Crippen MR) is 51.4 cm³/mol. The van der Waals surface area contributed by atoms with Crippen LogP contribution in [-0.4, -0.2) is 30.8 Å². The van der Waals surface area contributed by atoms with Gasteiger partial charge in [0, 0.05) is 6.08 Å². The molecule has 0 bridgehead atoms. The number of allylic oxidation sites excluding steroid dienone is 2. The van der Waals surface area contributed by atoms with E-state index in [1.54, 1.807) is 0 Å². The van der Waals surface area contributed by atoms with Crippen molar-refractivity contribution in [1.29, 1.82) is 0 Å². The summed E-state index contributed by atoms with van der Waals surface area (Å²) in [7, 11) is -5.57. The number of ether oxygens (including phenoxy) is 1. The largest absolute Gasteiger partial charge is 0.455 e. The van der Waals surface area contributed by atoms with Crippen LogP contribution in [0.2, 0.25) is 0 Å². The van der Waals surface area contributed by atoms with Crippen LogP contribution in [0.15, 0.2) is 24.8 Å². The first-order chi connectivity index (χ1) is 7.20.